The lowest BCUT2D eigenvalue weighted by Crippen LogP contribution is -2.41. The smallest absolute Gasteiger partial charge is 0.493 e. The van der Waals surface area contributed by atoms with E-state index in [9.17, 15) is 0 Å². The monoisotopic (exact) mass is 278 g/mol. The summed E-state index contributed by atoms with van der Waals surface area (Å²) in [5.41, 5.74) is 0.124. The first-order valence-corrected chi connectivity index (χ1v) is 6.97. The Kier molecular flexibility index (Phi) is 4.03. The summed E-state index contributed by atoms with van der Waals surface area (Å²) in [6.07, 6.45) is 0. The number of rotatable bonds is 4. The van der Waals surface area contributed by atoms with Crippen LogP contribution in [0, 0.1) is 0 Å². The second-order valence-corrected chi connectivity index (χ2v) is 5.90. The van der Waals surface area contributed by atoms with Gasteiger partial charge in [0, 0.05) is 5.46 Å². The van der Waals surface area contributed by atoms with Crippen LogP contribution in [0.15, 0.2) is 18.2 Å². The van der Waals surface area contributed by atoms with Gasteiger partial charge in [0.25, 0.3) is 0 Å². The Morgan fingerprint density at radius 1 is 1.10 bits per heavy atom. The minimum atomic E-state index is -0.448. The Balaban J connectivity index is 2.39. The lowest BCUT2D eigenvalue weighted by molar-refractivity contribution is 0.00578. The second kappa shape index (κ2) is 5.30. The number of benzene rings is 1. The summed E-state index contributed by atoms with van der Waals surface area (Å²) < 4.78 is 23.2. The Bertz CT molecular complexity index is 469. The van der Waals surface area contributed by atoms with Crippen LogP contribution >= 0.6 is 0 Å². The second-order valence-electron chi connectivity index (χ2n) is 5.90. The fraction of sp³-hybridized carbons (Fsp3) is 0.600. The molecule has 1 aromatic rings. The zero-order chi connectivity index (χ0) is 15.0. The van der Waals surface area contributed by atoms with Gasteiger partial charge in [0.15, 0.2) is 11.5 Å². The average molecular weight is 278 g/mol. The molecule has 0 saturated carbocycles. The lowest BCUT2D eigenvalue weighted by atomic mass is 9.78. The van der Waals surface area contributed by atoms with E-state index >= 15 is 0 Å². The molecular formula is C15H23BO4. The molecule has 0 aliphatic carbocycles. The van der Waals surface area contributed by atoms with E-state index in [0.717, 1.165) is 5.46 Å². The molecule has 1 aliphatic rings. The minimum Gasteiger partial charge on any atom is -0.493 e. The van der Waals surface area contributed by atoms with Crippen LogP contribution in [0.3, 0.4) is 0 Å². The average Bonchev–Trinajstić information content (AvgIpc) is 2.59. The summed E-state index contributed by atoms with van der Waals surface area (Å²) in [7, 11) is 1.18. The first kappa shape index (κ1) is 15.2. The van der Waals surface area contributed by atoms with Crippen molar-refractivity contribution in [3.63, 3.8) is 0 Å². The number of hydrogen-bond donors (Lipinski definition) is 0. The highest BCUT2D eigenvalue weighted by Crippen LogP contribution is 2.38. The standard InChI is InChI=1S/C15H23BO4/c1-7-18-13-11(9-8-10-12(13)17-6)16-19-14(2,3)15(4,5)20-16/h8-10H,7H2,1-6H3. The summed E-state index contributed by atoms with van der Waals surface area (Å²) in [5.74, 6) is 1.38. The van der Waals surface area contributed by atoms with Gasteiger partial charge in [-0.15, -0.1) is 0 Å². The molecule has 110 valence electrons. The molecule has 0 atom stereocenters. The molecule has 0 radical (unpaired) electrons. The van der Waals surface area contributed by atoms with E-state index in [-0.39, 0.29) is 11.2 Å². The molecule has 20 heavy (non-hydrogen) atoms. The maximum Gasteiger partial charge on any atom is 0.498 e. The molecular weight excluding hydrogens is 255 g/mol. The third-order valence-electron chi connectivity index (χ3n) is 4.03. The maximum atomic E-state index is 6.08. The highest BCUT2D eigenvalue weighted by Gasteiger charge is 2.52. The molecule has 0 aromatic heterocycles. The van der Waals surface area contributed by atoms with Gasteiger partial charge < -0.3 is 18.8 Å². The van der Waals surface area contributed by atoms with Gasteiger partial charge in [0.1, 0.15) is 0 Å². The summed E-state index contributed by atoms with van der Waals surface area (Å²) >= 11 is 0. The van der Waals surface area contributed by atoms with Gasteiger partial charge in [-0.25, -0.2) is 0 Å². The Morgan fingerprint density at radius 3 is 2.20 bits per heavy atom. The van der Waals surface area contributed by atoms with E-state index < -0.39 is 7.12 Å². The van der Waals surface area contributed by atoms with E-state index in [2.05, 4.69) is 0 Å². The third-order valence-corrected chi connectivity index (χ3v) is 4.03. The van der Waals surface area contributed by atoms with Gasteiger partial charge in [-0.1, -0.05) is 12.1 Å². The van der Waals surface area contributed by atoms with Crippen molar-refractivity contribution in [2.75, 3.05) is 13.7 Å². The van der Waals surface area contributed by atoms with Crippen LogP contribution in [0.5, 0.6) is 11.5 Å². The Hall–Kier alpha value is -1.20. The normalized spacial score (nSPS) is 20.0. The molecule has 1 saturated heterocycles. The van der Waals surface area contributed by atoms with Crippen LogP contribution < -0.4 is 14.9 Å². The van der Waals surface area contributed by atoms with Crippen LogP contribution in [-0.4, -0.2) is 32.0 Å². The van der Waals surface area contributed by atoms with Crippen molar-refractivity contribution < 1.29 is 18.8 Å². The van der Waals surface area contributed by atoms with E-state index in [1.165, 1.54) is 0 Å². The van der Waals surface area contributed by atoms with E-state index in [4.69, 9.17) is 18.8 Å². The molecule has 1 heterocycles. The predicted molar refractivity (Wildman–Crippen MR) is 79.9 cm³/mol. The van der Waals surface area contributed by atoms with E-state index in [0.29, 0.717) is 18.1 Å². The van der Waals surface area contributed by atoms with Crippen molar-refractivity contribution in [2.45, 2.75) is 45.8 Å². The Labute approximate surface area is 121 Å². The zero-order valence-electron chi connectivity index (χ0n) is 13.1. The van der Waals surface area contributed by atoms with Crippen LogP contribution in [0.4, 0.5) is 0 Å². The van der Waals surface area contributed by atoms with Crippen molar-refractivity contribution >= 4 is 12.6 Å². The van der Waals surface area contributed by atoms with Gasteiger partial charge in [-0.2, -0.15) is 0 Å². The van der Waals surface area contributed by atoms with E-state index in [1.807, 2.05) is 52.8 Å². The molecule has 0 spiro atoms. The van der Waals surface area contributed by atoms with Crippen LogP contribution in [0.1, 0.15) is 34.6 Å². The summed E-state index contributed by atoms with van der Waals surface area (Å²) in [6, 6.07) is 5.75. The molecule has 1 fully saturated rings. The van der Waals surface area contributed by atoms with Crippen molar-refractivity contribution in [1.29, 1.82) is 0 Å². The van der Waals surface area contributed by atoms with Crippen molar-refractivity contribution in [1.82, 2.24) is 0 Å². The quantitative estimate of drug-likeness (QED) is 0.792. The molecule has 1 aromatic carbocycles. The summed E-state index contributed by atoms with van der Waals surface area (Å²) in [5, 5.41) is 0. The van der Waals surface area contributed by atoms with Gasteiger partial charge in [-0.05, 0) is 40.7 Å². The molecule has 4 nitrogen and oxygen atoms in total. The maximum absolute atomic E-state index is 6.08. The SMILES string of the molecule is CCOc1c(OC)cccc1B1OC(C)(C)C(C)(C)O1. The molecule has 1 aliphatic heterocycles. The number of ether oxygens (including phenoxy) is 2. The van der Waals surface area contributed by atoms with Gasteiger partial charge in [0.05, 0.1) is 24.9 Å². The fourth-order valence-corrected chi connectivity index (χ4v) is 2.15. The first-order chi connectivity index (χ1) is 9.32. The summed E-state index contributed by atoms with van der Waals surface area (Å²) in [4.78, 5) is 0. The molecule has 0 N–H and O–H groups in total. The van der Waals surface area contributed by atoms with Gasteiger partial charge >= 0.3 is 7.12 Å². The number of hydrogen-bond acceptors (Lipinski definition) is 4. The lowest BCUT2D eigenvalue weighted by Gasteiger charge is -2.32. The minimum absolute atomic E-state index is 0.371. The first-order valence-electron chi connectivity index (χ1n) is 6.97. The van der Waals surface area contributed by atoms with Crippen molar-refractivity contribution in [2.24, 2.45) is 0 Å². The van der Waals surface area contributed by atoms with E-state index in [1.54, 1.807) is 7.11 Å². The third kappa shape index (κ3) is 2.52. The molecule has 0 amide bonds. The van der Waals surface area contributed by atoms with Crippen LogP contribution in [-0.2, 0) is 9.31 Å². The Morgan fingerprint density at radius 2 is 1.70 bits per heavy atom. The highest BCUT2D eigenvalue weighted by atomic mass is 16.7. The predicted octanol–water partition coefficient (Wildman–Crippen LogP) is 2.39. The van der Waals surface area contributed by atoms with Crippen LogP contribution in [0.25, 0.3) is 0 Å². The topological polar surface area (TPSA) is 36.9 Å². The molecule has 5 heteroatoms. The number of methoxy groups -OCH3 is 1. The molecule has 0 unspecified atom stereocenters. The molecule has 0 bridgehead atoms. The number of para-hydroxylation sites is 1. The van der Waals surface area contributed by atoms with Crippen molar-refractivity contribution in [3.05, 3.63) is 18.2 Å². The van der Waals surface area contributed by atoms with Crippen molar-refractivity contribution in [3.8, 4) is 11.5 Å². The zero-order valence-corrected chi connectivity index (χ0v) is 13.1. The van der Waals surface area contributed by atoms with Gasteiger partial charge in [0.2, 0.25) is 0 Å². The van der Waals surface area contributed by atoms with Gasteiger partial charge in [-0.3, -0.25) is 0 Å². The fourth-order valence-electron chi connectivity index (χ4n) is 2.15. The molecule has 2 rings (SSSR count). The van der Waals surface area contributed by atoms with Crippen LogP contribution in [0.2, 0.25) is 0 Å². The largest absolute Gasteiger partial charge is 0.498 e. The summed E-state index contributed by atoms with van der Waals surface area (Å²) in [6.45, 7) is 10.6. The highest BCUT2D eigenvalue weighted by molar-refractivity contribution is 6.63.